The summed E-state index contributed by atoms with van der Waals surface area (Å²) in [6.45, 7) is 5.94. The SMILES string of the molecule is CC(C)(C)c1nn(Cc2cccc(Cl)c2)c(N)c1[N+](=O)[O-]. The molecule has 7 heteroatoms. The molecule has 0 radical (unpaired) electrons. The second-order valence-corrected chi connectivity index (χ2v) is 6.31. The van der Waals surface area contributed by atoms with E-state index in [2.05, 4.69) is 5.10 Å². The average molecular weight is 309 g/mol. The molecule has 1 heterocycles. The highest BCUT2D eigenvalue weighted by Gasteiger charge is 2.33. The Kier molecular flexibility index (Phi) is 3.91. The van der Waals surface area contributed by atoms with E-state index in [1.54, 1.807) is 12.1 Å². The van der Waals surface area contributed by atoms with E-state index in [1.165, 1.54) is 4.68 Å². The van der Waals surface area contributed by atoms with Gasteiger partial charge < -0.3 is 5.73 Å². The minimum atomic E-state index is -0.475. The summed E-state index contributed by atoms with van der Waals surface area (Å²) in [5.41, 5.74) is 6.59. The standard InChI is InChI=1S/C14H17ClN4O2/c1-14(2,3)12-11(19(20)21)13(16)18(17-12)8-9-5-4-6-10(15)7-9/h4-7H,8,16H2,1-3H3. The van der Waals surface area contributed by atoms with Crippen LogP contribution in [0.5, 0.6) is 0 Å². The predicted octanol–water partition coefficient (Wildman–Crippen LogP) is 3.37. The molecule has 2 N–H and O–H groups in total. The zero-order valence-electron chi connectivity index (χ0n) is 12.1. The van der Waals surface area contributed by atoms with Crippen molar-refractivity contribution in [1.29, 1.82) is 0 Å². The Morgan fingerprint density at radius 1 is 1.43 bits per heavy atom. The van der Waals surface area contributed by atoms with Gasteiger partial charge in [0.15, 0.2) is 0 Å². The molecule has 112 valence electrons. The van der Waals surface area contributed by atoms with Crippen molar-refractivity contribution in [2.45, 2.75) is 32.7 Å². The van der Waals surface area contributed by atoms with Gasteiger partial charge in [-0.1, -0.05) is 44.5 Å². The Bertz CT molecular complexity index is 689. The zero-order chi connectivity index (χ0) is 15.8. The summed E-state index contributed by atoms with van der Waals surface area (Å²) < 4.78 is 1.45. The summed E-state index contributed by atoms with van der Waals surface area (Å²) in [6, 6.07) is 7.23. The first-order valence-corrected chi connectivity index (χ1v) is 6.83. The van der Waals surface area contributed by atoms with Crippen molar-refractivity contribution in [2.24, 2.45) is 0 Å². The number of hydrogen-bond donors (Lipinski definition) is 1. The van der Waals surface area contributed by atoms with Crippen molar-refractivity contribution >= 4 is 23.1 Å². The number of halogens is 1. The van der Waals surface area contributed by atoms with Gasteiger partial charge in [-0.05, 0) is 17.7 Å². The summed E-state index contributed by atoms with van der Waals surface area (Å²) >= 11 is 5.94. The van der Waals surface area contributed by atoms with Crippen molar-refractivity contribution in [3.8, 4) is 0 Å². The third-order valence-electron chi connectivity index (χ3n) is 3.08. The van der Waals surface area contributed by atoms with Gasteiger partial charge in [0.25, 0.3) is 0 Å². The maximum atomic E-state index is 11.3. The molecule has 1 aromatic carbocycles. The topological polar surface area (TPSA) is 87.0 Å². The largest absolute Gasteiger partial charge is 0.378 e. The molecule has 0 amide bonds. The molecule has 0 aliphatic rings. The highest BCUT2D eigenvalue weighted by atomic mass is 35.5. The molecule has 6 nitrogen and oxygen atoms in total. The van der Waals surface area contributed by atoms with Crippen LogP contribution in [0.3, 0.4) is 0 Å². The number of anilines is 1. The molecule has 0 bridgehead atoms. The van der Waals surface area contributed by atoms with Gasteiger partial charge in [-0.25, -0.2) is 4.68 Å². The number of nitro groups is 1. The van der Waals surface area contributed by atoms with E-state index in [4.69, 9.17) is 17.3 Å². The van der Waals surface area contributed by atoms with Crippen molar-refractivity contribution in [1.82, 2.24) is 9.78 Å². The Hall–Kier alpha value is -2.08. The average Bonchev–Trinajstić information content (AvgIpc) is 2.67. The van der Waals surface area contributed by atoms with Gasteiger partial charge in [-0.2, -0.15) is 5.10 Å². The summed E-state index contributed by atoms with van der Waals surface area (Å²) in [5, 5.41) is 16.2. The van der Waals surface area contributed by atoms with E-state index in [-0.39, 0.29) is 11.5 Å². The molecule has 0 aliphatic carbocycles. The molecule has 0 unspecified atom stereocenters. The summed E-state index contributed by atoms with van der Waals surface area (Å²) in [7, 11) is 0. The van der Waals surface area contributed by atoms with Crippen LogP contribution in [0.4, 0.5) is 11.5 Å². The zero-order valence-corrected chi connectivity index (χ0v) is 12.9. The first-order chi connectivity index (χ1) is 9.70. The molecular weight excluding hydrogens is 292 g/mol. The fourth-order valence-corrected chi connectivity index (χ4v) is 2.29. The van der Waals surface area contributed by atoms with E-state index in [0.717, 1.165) is 5.56 Å². The summed E-state index contributed by atoms with van der Waals surface area (Å²) in [6.07, 6.45) is 0. The molecule has 0 fully saturated rings. The molecule has 0 saturated heterocycles. The Balaban J connectivity index is 2.48. The van der Waals surface area contributed by atoms with E-state index >= 15 is 0 Å². The Morgan fingerprint density at radius 3 is 2.57 bits per heavy atom. The third-order valence-corrected chi connectivity index (χ3v) is 3.32. The second kappa shape index (κ2) is 5.37. The van der Waals surface area contributed by atoms with Gasteiger partial charge in [0.1, 0.15) is 5.69 Å². The highest BCUT2D eigenvalue weighted by Crippen LogP contribution is 2.35. The molecule has 0 spiro atoms. The molecule has 0 aliphatic heterocycles. The summed E-state index contributed by atoms with van der Waals surface area (Å²) in [5.74, 6) is 0.0601. The Morgan fingerprint density at radius 2 is 2.10 bits per heavy atom. The van der Waals surface area contributed by atoms with Crippen LogP contribution in [-0.2, 0) is 12.0 Å². The van der Waals surface area contributed by atoms with Crippen molar-refractivity contribution in [3.63, 3.8) is 0 Å². The number of rotatable bonds is 3. The highest BCUT2D eigenvalue weighted by molar-refractivity contribution is 6.30. The van der Waals surface area contributed by atoms with Crippen molar-refractivity contribution in [2.75, 3.05) is 5.73 Å². The van der Waals surface area contributed by atoms with E-state index in [9.17, 15) is 10.1 Å². The molecular formula is C14H17ClN4O2. The number of hydrogen-bond acceptors (Lipinski definition) is 4. The van der Waals surface area contributed by atoms with Gasteiger partial charge in [0.2, 0.25) is 5.82 Å². The molecule has 0 atom stereocenters. The van der Waals surface area contributed by atoms with Crippen LogP contribution in [0.2, 0.25) is 5.02 Å². The molecule has 0 saturated carbocycles. The van der Waals surface area contributed by atoms with Crippen LogP contribution in [0, 0.1) is 10.1 Å². The van der Waals surface area contributed by atoms with Crippen LogP contribution >= 0.6 is 11.6 Å². The molecule has 21 heavy (non-hydrogen) atoms. The smallest absolute Gasteiger partial charge is 0.334 e. The second-order valence-electron chi connectivity index (χ2n) is 5.88. The quantitative estimate of drug-likeness (QED) is 0.695. The lowest BCUT2D eigenvalue weighted by Crippen LogP contribution is -2.14. The number of aromatic nitrogens is 2. The molecule has 1 aromatic heterocycles. The number of benzene rings is 1. The summed E-state index contributed by atoms with van der Waals surface area (Å²) in [4.78, 5) is 10.8. The van der Waals surface area contributed by atoms with Gasteiger partial charge in [-0.15, -0.1) is 0 Å². The van der Waals surface area contributed by atoms with Crippen LogP contribution in [-0.4, -0.2) is 14.7 Å². The van der Waals surface area contributed by atoms with Crippen LogP contribution < -0.4 is 5.73 Å². The fraction of sp³-hybridized carbons (Fsp3) is 0.357. The monoisotopic (exact) mass is 308 g/mol. The minimum absolute atomic E-state index is 0.0601. The van der Waals surface area contributed by atoms with E-state index < -0.39 is 10.3 Å². The van der Waals surface area contributed by atoms with Gasteiger partial charge in [0.05, 0.1) is 11.5 Å². The van der Waals surface area contributed by atoms with Crippen LogP contribution in [0.1, 0.15) is 32.0 Å². The number of nitrogens with zero attached hydrogens (tertiary/aromatic N) is 3. The molecule has 2 rings (SSSR count). The van der Waals surface area contributed by atoms with Crippen LogP contribution in [0.25, 0.3) is 0 Å². The minimum Gasteiger partial charge on any atom is -0.378 e. The van der Waals surface area contributed by atoms with Crippen molar-refractivity contribution in [3.05, 3.63) is 50.7 Å². The normalized spacial score (nSPS) is 11.6. The molecule has 2 aromatic rings. The van der Waals surface area contributed by atoms with Gasteiger partial charge in [-0.3, -0.25) is 10.1 Å². The van der Waals surface area contributed by atoms with E-state index in [0.29, 0.717) is 17.3 Å². The predicted molar refractivity (Wildman–Crippen MR) is 82.5 cm³/mol. The maximum absolute atomic E-state index is 11.3. The van der Waals surface area contributed by atoms with Gasteiger partial charge >= 0.3 is 5.69 Å². The van der Waals surface area contributed by atoms with Gasteiger partial charge in [0, 0.05) is 10.4 Å². The first kappa shape index (κ1) is 15.3. The van der Waals surface area contributed by atoms with Crippen LogP contribution in [0.15, 0.2) is 24.3 Å². The number of nitrogen functional groups attached to an aromatic ring is 1. The van der Waals surface area contributed by atoms with Crippen molar-refractivity contribution < 1.29 is 4.92 Å². The Labute approximate surface area is 127 Å². The third kappa shape index (κ3) is 3.16. The fourth-order valence-electron chi connectivity index (χ4n) is 2.08. The first-order valence-electron chi connectivity index (χ1n) is 6.45. The lowest BCUT2D eigenvalue weighted by Gasteiger charge is -2.13. The lowest BCUT2D eigenvalue weighted by atomic mass is 9.91. The lowest BCUT2D eigenvalue weighted by molar-refractivity contribution is -0.385. The number of nitrogens with two attached hydrogens (primary N) is 1. The van der Waals surface area contributed by atoms with E-state index in [1.807, 2.05) is 32.9 Å². The maximum Gasteiger partial charge on any atom is 0.334 e.